The molecule has 2 aromatic heterocycles. The number of aromatic amines is 1. The molecular formula is C15H17FN6O. The molecule has 0 aliphatic heterocycles. The van der Waals surface area contributed by atoms with E-state index in [0.717, 1.165) is 11.1 Å². The summed E-state index contributed by atoms with van der Waals surface area (Å²) in [5.74, 6) is 0.751. The van der Waals surface area contributed by atoms with Gasteiger partial charge in [0.2, 0.25) is 5.95 Å². The van der Waals surface area contributed by atoms with Crippen molar-refractivity contribution in [3.63, 3.8) is 0 Å². The van der Waals surface area contributed by atoms with E-state index < -0.39 is 0 Å². The average Bonchev–Trinajstić information content (AvgIpc) is 2.98. The van der Waals surface area contributed by atoms with Gasteiger partial charge in [-0.1, -0.05) is 0 Å². The fourth-order valence-electron chi connectivity index (χ4n) is 2.18. The molecule has 120 valence electrons. The number of halogens is 1. The SMILES string of the molecule is COC[C@H](C)Nc1nc(Nc2ccc(F)cc2)c2cn[nH]c2n1. The highest BCUT2D eigenvalue weighted by molar-refractivity contribution is 5.89. The maximum atomic E-state index is 13.0. The number of anilines is 3. The Hall–Kier alpha value is -2.74. The van der Waals surface area contributed by atoms with Crippen LogP contribution in [0.1, 0.15) is 6.92 Å². The van der Waals surface area contributed by atoms with Crippen molar-refractivity contribution < 1.29 is 9.13 Å². The zero-order valence-electron chi connectivity index (χ0n) is 12.8. The Morgan fingerprint density at radius 2 is 2.04 bits per heavy atom. The molecule has 0 unspecified atom stereocenters. The molecule has 0 radical (unpaired) electrons. The van der Waals surface area contributed by atoms with E-state index in [1.165, 1.54) is 12.1 Å². The standard InChI is InChI=1S/C15H17FN6O/c1-9(8-23-2)18-15-20-13(12-7-17-22-14(12)21-15)19-11-5-3-10(16)4-6-11/h3-7,9H,8H2,1-2H3,(H3,17,18,19,20,21,22)/t9-/m0/s1. The number of benzene rings is 1. The second-order valence-corrected chi connectivity index (χ2v) is 5.16. The first-order chi connectivity index (χ1) is 11.2. The molecule has 0 saturated heterocycles. The summed E-state index contributed by atoms with van der Waals surface area (Å²) in [7, 11) is 1.64. The zero-order valence-corrected chi connectivity index (χ0v) is 12.8. The minimum atomic E-state index is -0.289. The minimum absolute atomic E-state index is 0.0547. The lowest BCUT2D eigenvalue weighted by atomic mass is 10.3. The summed E-state index contributed by atoms with van der Waals surface area (Å²) in [5, 5.41) is 13.9. The quantitative estimate of drug-likeness (QED) is 0.648. The van der Waals surface area contributed by atoms with Crippen LogP contribution < -0.4 is 10.6 Å². The molecule has 0 spiro atoms. The largest absolute Gasteiger partial charge is 0.383 e. The summed E-state index contributed by atoms with van der Waals surface area (Å²) in [6.07, 6.45) is 1.64. The third-order valence-electron chi connectivity index (χ3n) is 3.21. The number of aromatic nitrogens is 4. The maximum Gasteiger partial charge on any atom is 0.227 e. The summed E-state index contributed by atoms with van der Waals surface area (Å²) >= 11 is 0. The van der Waals surface area contributed by atoms with Gasteiger partial charge in [-0.15, -0.1) is 0 Å². The molecule has 0 saturated carbocycles. The van der Waals surface area contributed by atoms with Crippen molar-refractivity contribution in [3.8, 4) is 0 Å². The van der Waals surface area contributed by atoms with E-state index in [1.54, 1.807) is 25.4 Å². The van der Waals surface area contributed by atoms with Crippen molar-refractivity contribution in [2.75, 3.05) is 24.4 Å². The summed E-state index contributed by atoms with van der Waals surface area (Å²) in [4.78, 5) is 8.85. The van der Waals surface area contributed by atoms with Gasteiger partial charge in [-0.3, -0.25) is 5.10 Å². The van der Waals surface area contributed by atoms with Gasteiger partial charge in [0.05, 0.1) is 18.2 Å². The minimum Gasteiger partial charge on any atom is -0.383 e. The van der Waals surface area contributed by atoms with Gasteiger partial charge in [0.1, 0.15) is 11.6 Å². The highest BCUT2D eigenvalue weighted by Gasteiger charge is 2.11. The summed E-state index contributed by atoms with van der Waals surface area (Å²) in [5.41, 5.74) is 1.33. The Morgan fingerprint density at radius 3 is 2.78 bits per heavy atom. The molecule has 2 heterocycles. The predicted octanol–water partition coefficient (Wildman–Crippen LogP) is 2.68. The highest BCUT2D eigenvalue weighted by atomic mass is 19.1. The molecule has 0 aliphatic carbocycles. The number of hydrogen-bond acceptors (Lipinski definition) is 6. The average molecular weight is 316 g/mol. The Balaban J connectivity index is 1.91. The summed E-state index contributed by atoms with van der Waals surface area (Å²) in [6.45, 7) is 2.50. The third-order valence-corrected chi connectivity index (χ3v) is 3.21. The molecule has 0 aliphatic rings. The van der Waals surface area contributed by atoms with Gasteiger partial charge in [-0.2, -0.15) is 15.1 Å². The topological polar surface area (TPSA) is 87.8 Å². The van der Waals surface area contributed by atoms with Crippen LogP contribution >= 0.6 is 0 Å². The van der Waals surface area contributed by atoms with Gasteiger partial charge >= 0.3 is 0 Å². The number of H-pyrrole nitrogens is 1. The van der Waals surface area contributed by atoms with Crippen LogP contribution in [0, 0.1) is 5.82 Å². The number of nitrogens with one attached hydrogen (secondary N) is 3. The smallest absolute Gasteiger partial charge is 0.227 e. The molecule has 1 aromatic carbocycles. The Morgan fingerprint density at radius 1 is 1.26 bits per heavy atom. The molecule has 7 nitrogen and oxygen atoms in total. The molecule has 3 N–H and O–H groups in total. The van der Waals surface area contributed by atoms with E-state index in [-0.39, 0.29) is 11.9 Å². The van der Waals surface area contributed by atoms with E-state index in [9.17, 15) is 4.39 Å². The lowest BCUT2D eigenvalue weighted by molar-refractivity contribution is 0.190. The number of methoxy groups -OCH3 is 1. The van der Waals surface area contributed by atoms with Crippen molar-refractivity contribution in [3.05, 3.63) is 36.3 Å². The number of nitrogens with zero attached hydrogens (tertiary/aromatic N) is 3. The molecule has 23 heavy (non-hydrogen) atoms. The fourth-order valence-corrected chi connectivity index (χ4v) is 2.18. The van der Waals surface area contributed by atoms with Crippen LogP contribution in [0.4, 0.5) is 21.8 Å². The normalized spacial score (nSPS) is 12.3. The Kier molecular flexibility index (Phi) is 4.33. The number of ether oxygens (including phenoxy) is 1. The number of fused-ring (bicyclic) bond motifs is 1. The van der Waals surface area contributed by atoms with Crippen molar-refractivity contribution in [1.82, 2.24) is 20.2 Å². The zero-order chi connectivity index (χ0) is 16.2. The van der Waals surface area contributed by atoms with Crippen LogP contribution in [0.3, 0.4) is 0 Å². The lowest BCUT2D eigenvalue weighted by Gasteiger charge is -2.14. The van der Waals surface area contributed by atoms with Crippen molar-refractivity contribution in [1.29, 1.82) is 0 Å². The number of rotatable bonds is 6. The van der Waals surface area contributed by atoms with Crippen LogP contribution in [-0.4, -0.2) is 39.9 Å². The van der Waals surface area contributed by atoms with Gasteiger partial charge in [-0.25, -0.2) is 4.39 Å². The lowest BCUT2D eigenvalue weighted by Crippen LogP contribution is -2.22. The van der Waals surface area contributed by atoms with Crippen LogP contribution in [-0.2, 0) is 4.74 Å². The van der Waals surface area contributed by atoms with Crippen molar-refractivity contribution in [2.24, 2.45) is 0 Å². The first kappa shape index (κ1) is 15.2. The van der Waals surface area contributed by atoms with Crippen molar-refractivity contribution in [2.45, 2.75) is 13.0 Å². The second-order valence-electron chi connectivity index (χ2n) is 5.16. The molecule has 1 atom stereocenters. The molecule has 8 heteroatoms. The van der Waals surface area contributed by atoms with Gasteiger partial charge in [-0.05, 0) is 31.2 Å². The van der Waals surface area contributed by atoms with E-state index in [2.05, 4.69) is 30.8 Å². The summed E-state index contributed by atoms with van der Waals surface area (Å²) in [6, 6.07) is 6.11. The molecule has 0 fully saturated rings. The first-order valence-corrected chi connectivity index (χ1v) is 7.15. The maximum absolute atomic E-state index is 13.0. The second kappa shape index (κ2) is 6.57. The third kappa shape index (κ3) is 3.54. The molecule has 3 rings (SSSR count). The van der Waals surface area contributed by atoms with E-state index in [1.807, 2.05) is 6.92 Å². The van der Waals surface area contributed by atoms with E-state index in [4.69, 9.17) is 4.74 Å². The van der Waals surface area contributed by atoms with Crippen LogP contribution in [0.25, 0.3) is 11.0 Å². The van der Waals surface area contributed by atoms with Gasteiger partial charge in [0, 0.05) is 18.8 Å². The van der Waals surface area contributed by atoms with Gasteiger partial charge in [0.15, 0.2) is 5.65 Å². The van der Waals surface area contributed by atoms with Gasteiger partial charge < -0.3 is 15.4 Å². The summed E-state index contributed by atoms with van der Waals surface area (Å²) < 4.78 is 18.1. The Labute approximate surface area is 132 Å². The van der Waals surface area contributed by atoms with Crippen LogP contribution in [0.15, 0.2) is 30.5 Å². The van der Waals surface area contributed by atoms with Crippen LogP contribution in [0.2, 0.25) is 0 Å². The highest BCUT2D eigenvalue weighted by Crippen LogP contribution is 2.24. The first-order valence-electron chi connectivity index (χ1n) is 7.15. The molecule has 0 bridgehead atoms. The molecular weight excluding hydrogens is 299 g/mol. The van der Waals surface area contributed by atoms with Gasteiger partial charge in [0.25, 0.3) is 0 Å². The Bertz CT molecular complexity index is 788. The van der Waals surface area contributed by atoms with E-state index >= 15 is 0 Å². The molecule has 3 aromatic rings. The monoisotopic (exact) mass is 316 g/mol. The molecule has 0 amide bonds. The fraction of sp³-hybridized carbons (Fsp3) is 0.267. The van der Waals surface area contributed by atoms with E-state index in [0.29, 0.717) is 24.0 Å². The van der Waals surface area contributed by atoms with Crippen molar-refractivity contribution >= 4 is 28.5 Å². The van der Waals surface area contributed by atoms with Crippen LogP contribution in [0.5, 0.6) is 0 Å². The number of hydrogen-bond donors (Lipinski definition) is 3. The predicted molar refractivity (Wildman–Crippen MR) is 86.3 cm³/mol.